The quantitative estimate of drug-likeness (QED) is 0.303. The highest BCUT2D eigenvalue weighted by Crippen LogP contribution is 2.35. The van der Waals surface area contributed by atoms with Crippen LogP contribution in [-0.2, 0) is 4.79 Å². The van der Waals surface area contributed by atoms with Gasteiger partial charge in [-0.25, -0.2) is 4.98 Å². The van der Waals surface area contributed by atoms with Crippen LogP contribution in [0.3, 0.4) is 0 Å². The van der Waals surface area contributed by atoms with E-state index in [-0.39, 0.29) is 11.9 Å². The van der Waals surface area contributed by atoms with Crippen molar-refractivity contribution in [2.75, 3.05) is 39.0 Å². The van der Waals surface area contributed by atoms with E-state index in [2.05, 4.69) is 20.5 Å². The van der Waals surface area contributed by atoms with E-state index in [1.807, 2.05) is 90.6 Å². The van der Waals surface area contributed by atoms with E-state index in [0.29, 0.717) is 35.3 Å². The van der Waals surface area contributed by atoms with Crippen molar-refractivity contribution >= 4 is 22.8 Å². The molecular formula is C29H32N6O3. The van der Waals surface area contributed by atoms with Crippen molar-refractivity contribution in [1.82, 2.24) is 25.0 Å². The number of pyridine rings is 1. The van der Waals surface area contributed by atoms with Gasteiger partial charge in [-0.05, 0) is 51.2 Å². The number of carbonyl (C=O) groups excluding carboxylic acids is 1. The maximum Gasteiger partial charge on any atom is 0.246 e. The molecule has 0 saturated carbocycles. The fourth-order valence-electron chi connectivity index (χ4n) is 4.42. The second kappa shape index (κ2) is 11.8. The third kappa shape index (κ3) is 6.30. The average molecular weight is 513 g/mol. The maximum atomic E-state index is 12.7. The van der Waals surface area contributed by atoms with Crippen molar-refractivity contribution in [3.05, 3.63) is 79.0 Å². The van der Waals surface area contributed by atoms with Gasteiger partial charge in [-0.3, -0.25) is 9.89 Å². The molecule has 2 N–H and O–H groups in total. The molecular weight excluding hydrogens is 480 g/mol. The van der Waals surface area contributed by atoms with Gasteiger partial charge in [0.25, 0.3) is 0 Å². The number of likely N-dealkylation sites (tertiary alicyclic amines) is 1. The van der Waals surface area contributed by atoms with Gasteiger partial charge in [0.2, 0.25) is 5.91 Å². The molecule has 1 aliphatic rings. The number of piperidine rings is 1. The molecule has 1 saturated heterocycles. The highest BCUT2D eigenvalue weighted by molar-refractivity contribution is 5.93. The zero-order valence-corrected chi connectivity index (χ0v) is 21.6. The van der Waals surface area contributed by atoms with E-state index < -0.39 is 0 Å². The Kier molecular flexibility index (Phi) is 7.84. The third-order valence-electron chi connectivity index (χ3n) is 6.24. The number of H-pyrrole nitrogens is 1. The van der Waals surface area contributed by atoms with E-state index in [0.717, 1.165) is 37.1 Å². The van der Waals surface area contributed by atoms with Gasteiger partial charge in [0.1, 0.15) is 28.4 Å². The number of fused-ring (bicyclic) bond motifs is 1. The number of nitrogens with zero attached hydrogens (tertiary/aromatic N) is 4. The molecule has 0 bridgehead atoms. The number of anilines is 1. The molecule has 4 aromatic rings. The van der Waals surface area contributed by atoms with Gasteiger partial charge in [-0.1, -0.05) is 30.3 Å². The lowest BCUT2D eigenvalue weighted by molar-refractivity contribution is -0.127. The van der Waals surface area contributed by atoms with Gasteiger partial charge >= 0.3 is 0 Å². The standard InChI is InChI=1S/C29H32N6O3/c1-34(2)17-8-14-26(36)35-18-7-9-21(20-35)31-29-27-25(15-16-30-28(27)32-33-29)38-24-13-6-12-23(19-24)37-22-10-4-3-5-11-22/h3-6,8,10-16,19,21H,7,9,17-18,20H2,1-2H3,(H2,30,31,32,33)/b14-8+. The first-order valence-electron chi connectivity index (χ1n) is 12.8. The zero-order chi connectivity index (χ0) is 26.3. The topological polar surface area (TPSA) is 95.6 Å². The summed E-state index contributed by atoms with van der Waals surface area (Å²) in [6.45, 7) is 2.09. The minimum absolute atomic E-state index is 0.0357. The van der Waals surface area contributed by atoms with Gasteiger partial charge in [0.15, 0.2) is 11.5 Å². The van der Waals surface area contributed by atoms with Gasteiger partial charge < -0.3 is 24.6 Å². The van der Waals surface area contributed by atoms with Crippen molar-refractivity contribution in [3.63, 3.8) is 0 Å². The first-order valence-corrected chi connectivity index (χ1v) is 12.8. The molecule has 1 fully saturated rings. The smallest absolute Gasteiger partial charge is 0.246 e. The molecule has 2 aromatic heterocycles. The van der Waals surface area contributed by atoms with Crippen LogP contribution in [0.2, 0.25) is 0 Å². The molecule has 1 amide bonds. The molecule has 0 spiro atoms. The van der Waals surface area contributed by atoms with Crippen LogP contribution < -0.4 is 14.8 Å². The third-order valence-corrected chi connectivity index (χ3v) is 6.24. The highest BCUT2D eigenvalue weighted by atomic mass is 16.5. The molecule has 3 heterocycles. The predicted octanol–water partition coefficient (Wildman–Crippen LogP) is 5.06. The first kappa shape index (κ1) is 25.3. The van der Waals surface area contributed by atoms with E-state index in [1.54, 1.807) is 12.3 Å². The molecule has 9 heteroatoms. The Morgan fingerprint density at radius 2 is 1.89 bits per heavy atom. The molecule has 1 atom stereocenters. The Labute approximate surface area is 222 Å². The predicted molar refractivity (Wildman–Crippen MR) is 148 cm³/mol. The number of amides is 1. The Hall–Kier alpha value is -4.37. The molecule has 1 unspecified atom stereocenters. The number of hydrogen-bond donors (Lipinski definition) is 2. The Morgan fingerprint density at radius 3 is 2.71 bits per heavy atom. The van der Waals surface area contributed by atoms with Gasteiger partial charge in [0.05, 0.1) is 0 Å². The fourth-order valence-corrected chi connectivity index (χ4v) is 4.42. The zero-order valence-electron chi connectivity index (χ0n) is 21.6. The van der Waals surface area contributed by atoms with E-state index in [1.165, 1.54) is 0 Å². The maximum absolute atomic E-state index is 12.7. The minimum atomic E-state index is 0.0357. The molecule has 5 rings (SSSR count). The largest absolute Gasteiger partial charge is 0.457 e. The Morgan fingerprint density at radius 1 is 1.11 bits per heavy atom. The van der Waals surface area contributed by atoms with Crippen LogP contribution in [0.25, 0.3) is 11.0 Å². The van der Waals surface area contributed by atoms with Crippen LogP contribution in [0, 0.1) is 0 Å². The molecule has 0 radical (unpaired) electrons. The van der Waals surface area contributed by atoms with Gasteiger partial charge in [-0.15, -0.1) is 0 Å². The monoisotopic (exact) mass is 512 g/mol. The fraction of sp³-hybridized carbons (Fsp3) is 0.276. The molecule has 0 aliphatic carbocycles. The summed E-state index contributed by atoms with van der Waals surface area (Å²) in [7, 11) is 3.96. The molecule has 2 aromatic carbocycles. The van der Waals surface area contributed by atoms with E-state index in [4.69, 9.17) is 9.47 Å². The number of aromatic amines is 1. The van der Waals surface area contributed by atoms with Crippen LogP contribution in [0.5, 0.6) is 23.0 Å². The number of benzene rings is 2. The molecule has 196 valence electrons. The van der Waals surface area contributed by atoms with Crippen LogP contribution in [0.4, 0.5) is 5.82 Å². The van der Waals surface area contributed by atoms with Crippen LogP contribution in [0.1, 0.15) is 12.8 Å². The summed E-state index contributed by atoms with van der Waals surface area (Å²) in [5.41, 5.74) is 0.622. The van der Waals surface area contributed by atoms with Crippen molar-refractivity contribution < 1.29 is 14.3 Å². The van der Waals surface area contributed by atoms with Crippen LogP contribution in [0.15, 0.2) is 79.0 Å². The lowest BCUT2D eigenvalue weighted by atomic mass is 10.1. The van der Waals surface area contributed by atoms with Crippen molar-refractivity contribution in [2.24, 2.45) is 0 Å². The number of aromatic nitrogens is 3. The van der Waals surface area contributed by atoms with Crippen molar-refractivity contribution in [2.45, 2.75) is 18.9 Å². The second-order valence-corrected chi connectivity index (χ2v) is 9.53. The number of ether oxygens (including phenoxy) is 2. The first-order chi connectivity index (χ1) is 18.5. The summed E-state index contributed by atoms with van der Waals surface area (Å²) in [6, 6.07) is 19.0. The normalized spacial score (nSPS) is 15.8. The average Bonchev–Trinajstić information content (AvgIpc) is 3.33. The number of rotatable bonds is 9. The number of hydrogen-bond acceptors (Lipinski definition) is 7. The highest BCUT2D eigenvalue weighted by Gasteiger charge is 2.24. The van der Waals surface area contributed by atoms with Crippen molar-refractivity contribution in [3.8, 4) is 23.0 Å². The molecule has 9 nitrogen and oxygen atoms in total. The lowest BCUT2D eigenvalue weighted by Gasteiger charge is -2.32. The summed E-state index contributed by atoms with van der Waals surface area (Å²) in [6.07, 6.45) is 7.11. The molecule has 38 heavy (non-hydrogen) atoms. The summed E-state index contributed by atoms with van der Waals surface area (Å²) in [4.78, 5) is 21.0. The van der Waals surface area contributed by atoms with Gasteiger partial charge in [-0.2, -0.15) is 5.10 Å². The molecule has 1 aliphatic heterocycles. The van der Waals surface area contributed by atoms with E-state index >= 15 is 0 Å². The summed E-state index contributed by atoms with van der Waals surface area (Å²) in [5, 5.41) is 11.8. The minimum Gasteiger partial charge on any atom is -0.457 e. The number of likely N-dealkylation sites (N-methyl/N-ethyl adjacent to an activating group) is 1. The summed E-state index contributed by atoms with van der Waals surface area (Å²) < 4.78 is 12.2. The SMILES string of the molecule is CN(C)C/C=C/C(=O)N1CCCC(Nc2n[nH]c3nccc(Oc4cccc(Oc5ccccc5)c4)c23)C1. The lowest BCUT2D eigenvalue weighted by Crippen LogP contribution is -2.44. The summed E-state index contributed by atoms with van der Waals surface area (Å²) >= 11 is 0. The Bertz CT molecular complexity index is 1400. The van der Waals surface area contributed by atoms with E-state index in [9.17, 15) is 4.79 Å². The van der Waals surface area contributed by atoms with Crippen LogP contribution in [-0.4, -0.2) is 70.7 Å². The second-order valence-electron chi connectivity index (χ2n) is 9.53. The number of carbonyl (C=O) groups is 1. The summed E-state index contributed by atoms with van der Waals surface area (Å²) in [5.74, 6) is 3.38. The Balaban J connectivity index is 1.30. The van der Waals surface area contributed by atoms with Crippen molar-refractivity contribution in [1.29, 1.82) is 0 Å². The number of para-hydroxylation sites is 1. The van der Waals surface area contributed by atoms with Gasteiger partial charge in [0, 0.05) is 50.1 Å². The van der Waals surface area contributed by atoms with Crippen LogP contribution >= 0.6 is 0 Å². The number of nitrogens with one attached hydrogen (secondary N) is 2.